The number of amides is 1. The largest absolute Gasteiger partial charge is 0.337 e. The summed E-state index contributed by atoms with van der Waals surface area (Å²) >= 11 is 0. The van der Waals surface area contributed by atoms with Crippen molar-refractivity contribution in [2.75, 3.05) is 6.54 Å². The van der Waals surface area contributed by atoms with E-state index in [9.17, 15) is 4.79 Å². The topological polar surface area (TPSA) is 59.2 Å². The van der Waals surface area contributed by atoms with Gasteiger partial charge in [-0.3, -0.25) is 4.79 Å². The van der Waals surface area contributed by atoms with Crippen LogP contribution in [0.3, 0.4) is 0 Å². The lowest BCUT2D eigenvalue weighted by molar-refractivity contribution is -0.133. The van der Waals surface area contributed by atoms with E-state index in [0.717, 1.165) is 19.4 Å². The Kier molecular flexibility index (Phi) is 2.25. The summed E-state index contributed by atoms with van der Waals surface area (Å²) < 4.78 is 5.18. The zero-order valence-corrected chi connectivity index (χ0v) is 9.28. The molecular formula is C10H15N3O2. The molecule has 5 nitrogen and oxygen atoms in total. The molecule has 1 atom stereocenters. The second-order valence-electron chi connectivity index (χ2n) is 4.19. The van der Waals surface area contributed by atoms with Crippen molar-refractivity contribution < 1.29 is 9.32 Å². The average Bonchev–Trinajstić information content (AvgIpc) is 2.72. The second kappa shape index (κ2) is 3.32. The molecule has 1 aromatic rings. The van der Waals surface area contributed by atoms with E-state index in [1.165, 1.54) is 0 Å². The molecule has 2 heterocycles. The van der Waals surface area contributed by atoms with Gasteiger partial charge < -0.3 is 9.42 Å². The van der Waals surface area contributed by atoms with Gasteiger partial charge in [0, 0.05) is 13.5 Å². The highest BCUT2D eigenvalue weighted by Crippen LogP contribution is 2.37. The number of hydrogen-bond acceptors (Lipinski definition) is 4. The number of hydrogen-bond donors (Lipinski definition) is 0. The number of rotatable bonds is 1. The molecule has 1 amide bonds. The molecule has 0 radical (unpaired) electrons. The van der Waals surface area contributed by atoms with Gasteiger partial charge in [0.15, 0.2) is 5.82 Å². The van der Waals surface area contributed by atoms with Crippen LogP contribution in [0.2, 0.25) is 0 Å². The van der Waals surface area contributed by atoms with Gasteiger partial charge >= 0.3 is 0 Å². The Balaban J connectivity index is 2.36. The summed E-state index contributed by atoms with van der Waals surface area (Å²) in [5.74, 6) is 1.22. The molecule has 5 heteroatoms. The highest BCUT2D eigenvalue weighted by Gasteiger charge is 2.44. The standard InChI is InChI=1S/C10H15N3O2/c1-7-11-9(15-12-7)10(3)5-4-6-13(10)8(2)14/h4-6H2,1-3H3. The predicted molar refractivity (Wildman–Crippen MR) is 53.0 cm³/mol. The van der Waals surface area contributed by atoms with E-state index in [-0.39, 0.29) is 5.91 Å². The first-order chi connectivity index (χ1) is 7.04. The fourth-order valence-corrected chi connectivity index (χ4v) is 2.21. The van der Waals surface area contributed by atoms with Crippen molar-refractivity contribution in [3.05, 3.63) is 11.7 Å². The summed E-state index contributed by atoms with van der Waals surface area (Å²) in [5.41, 5.74) is -0.410. The van der Waals surface area contributed by atoms with Gasteiger partial charge in [0.25, 0.3) is 5.89 Å². The fourth-order valence-electron chi connectivity index (χ4n) is 2.21. The van der Waals surface area contributed by atoms with E-state index >= 15 is 0 Å². The predicted octanol–water partition coefficient (Wildman–Crippen LogP) is 1.24. The molecule has 0 bridgehead atoms. The summed E-state index contributed by atoms with van der Waals surface area (Å²) in [6.45, 7) is 6.11. The third-order valence-corrected chi connectivity index (χ3v) is 3.01. The highest BCUT2D eigenvalue weighted by molar-refractivity contribution is 5.74. The number of carbonyl (C=O) groups is 1. The van der Waals surface area contributed by atoms with Gasteiger partial charge in [-0.15, -0.1) is 0 Å². The average molecular weight is 209 g/mol. The summed E-state index contributed by atoms with van der Waals surface area (Å²) in [6, 6.07) is 0. The molecular weight excluding hydrogens is 194 g/mol. The normalized spacial score (nSPS) is 25.9. The summed E-state index contributed by atoms with van der Waals surface area (Å²) in [5, 5.41) is 3.78. The Morgan fingerprint density at radius 1 is 1.60 bits per heavy atom. The molecule has 15 heavy (non-hydrogen) atoms. The Labute approximate surface area is 88.5 Å². The lowest BCUT2D eigenvalue weighted by Crippen LogP contribution is -2.41. The lowest BCUT2D eigenvalue weighted by atomic mass is 9.99. The van der Waals surface area contributed by atoms with Gasteiger partial charge in [0.1, 0.15) is 5.54 Å². The van der Waals surface area contributed by atoms with Gasteiger partial charge in [-0.2, -0.15) is 4.98 Å². The van der Waals surface area contributed by atoms with Crippen LogP contribution in [0.5, 0.6) is 0 Å². The van der Waals surface area contributed by atoms with Gasteiger partial charge in [-0.05, 0) is 26.7 Å². The Bertz CT molecular complexity index is 388. The molecule has 0 spiro atoms. The van der Waals surface area contributed by atoms with Crippen molar-refractivity contribution in [3.8, 4) is 0 Å². The number of carbonyl (C=O) groups excluding carboxylic acids is 1. The van der Waals surface area contributed by atoms with Gasteiger partial charge in [0.05, 0.1) is 0 Å². The zero-order valence-electron chi connectivity index (χ0n) is 9.28. The first kappa shape index (κ1) is 10.1. The van der Waals surface area contributed by atoms with E-state index in [2.05, 4.69) is 10.1 Å². The quantitative estimate of drug-likeness (QED) is 0.698. The van der Waals surface area contributed by atoms with Crippen LogP contribution in [0, 0.1) is 6.92 Å². The minimum atomic E-state index is -0.410. The molecule has 1 fully saturated rings. The van der Waals surface area contributed by atoms with Crippen molar-refractivity contribution >= 4 is 5.91 Å². The van der Waals surface area contributed by atoms with Crippen LogP contribution in [0.4, 0.5) is 0 Å². The molecule has 1 aliphatic heterocycles. The summed E-state index contributed by atoms with van der Waals surface area (Å²) in [6.07, 6.45) is 1.87. The minimum absolute atomic E-state index is 0.0610. The minimum Gasteiger partial charge on any atom is -0.337 e. The first-order valence-corrected chi connectivity index (χ1v) is 5.13. The van der Waals surface area contributed by atoms with Crippen molar-refractivity contribution in [3.63, 3.8) is 0 Å². The number of aryl methyl sites for hydroxylation is 1. The fraction of sp³-hybridized carbons (Fsp3) is 0.700. The van der Waals surface area contributed by atoms with E-state index < -0.39 is 5.54 Å². The van der Waals surface area contributed by atoms with Crippen molar-refractivity contribution in [2.45, 2.75) is 39.2 Å². The Morgan fingerprint density at radius 3 is 2.87 bits per heavy atom. The monoisotopic (exact) mass is 209 g/mol. The van der Waals surface area contributed by atoms with E-state index in [1.54, 1.807) is 18.7 Å². The maximum absolute atomic E-state index is 11.5. The van der Waals surface area contributed by atoms with Crippen LogP contribution in [-0.2, 0) is 10.3 Å². The maximum atomic E-state index is 11.5. The molecule has 1 aliphatic rings. The third kappa shape index (κ3) is 1.52. The number of likely N-dealkylation sites (tertiary alicyclic amines) is 1. The SMILES string of the molecule is CC(=O)N1CCCC1(C)c1nc(C)no1. The molecule has 0 saturated carbocycles. The van der Waals surface area contributed by atoms with Crippen molar-refractivity contribution in [2.24, 2.45) is 0 Å². The van der Waals surface area contributed by atoms with Gasteiger partial charge in [-0.25, -0.2) is 0 Å². The number of aromatic nitrogens is 2. The van der Waals surface area contributed by atoms with Crippen LogP contribution in [0.25, 0.3) is 0 Å². The van der Waals surface area contributed by atoms with E-state index in [4.69, 9.17) is 4.52 Å². The molecule has 1 unspecified atom stereocenters. The Hall–Kier alpha value is -1.39. The van der Waals surface area contributed by atoms with Crippen LogP contribution in [0.15, 0.2) is 4.52 Å². The maximum Gasteiger partial charge on any atom is 0.252 e. The van der Waals surface area contributed by atoms with E-state index in [0.29, 0.717) is 11.7 Å². The smallest absolute Gasteiger partial charge is 0.252 e. The Morgan fingerprint density at radius 2 is 2.33 bits per heavy atom. The molecule has 0 aliphatic carbocycles. The van der Waals surface area contributed by atoms with Crippen LogP contribution in [-0.4, -0.2) is 27.5 Å². The number of nitrogens with zero attached hydrogens (tertiary/aromatic N) is 3. The summed E-state index contributed by atoms with van der Waals surface area (Å²) in [7, 11) is 0. The molecule has 2 rings (SSSR count). The zero-order chi connectivity index (χ0) is 11.1. The van der Waals surface area contributed by atoms with Crippen molar-refractivity contribution in [1.82, 2.24) is 15.0 Å². The van der Waals surface area contributed by atoms with Crippen molar-refractivity contribution in [1.29, 1.82) is 0 Å². The molecule has 0 N–H and O–H groups in total. The van der Waals surface area contributed by atoms with Gasteiger partial charge in [-0.1, -0.05) is 5.16 Å². The molecule has 0 aromatic carbocycles. The molecule has 82 valence electrons. The lowest BCUT2D eigenvalue weighted by Gasteiger charge is -2.30. The summed E-state index contributed by atoms with van der Waals surface area (Å²) in [4.78, 5) is 17.5. The molecule has 1 aromatic heterocycles. The molecule has 1 saturated heterocycles. The van der Waals surface area contributed by atoms with E-state index in [1.807, 2.05) is 6.92 Å². The van der Waals surface area contributed by atoms with Crippen LogP contribution in [0.1, 0.15) is 38.4 Å². The third-order valence-electron chi connectivity index (χ3n) is 3.01. The van der Waals surface area contributed by atoms with Crippen LogP contribution >= 0.6 is 0 Å². The second-order valence-corrected chi connectivity index (χ2v) is 4.19. The first-order valence-electron chi connectivity index (χ1n) is 5.13. The van der Waals surface area contributed by atoms with Crippen LogP contribution < -0.4 is 0 Å². The van der Waals surface area contributed by atoms with Gasteiger partial charge in [0.2, 0.25) is 5.91 Å². The highest BCUT2D eigenvalue weighted by atomic mass is 16.5.